The smallest absolute Gasteiger partial charge is 0.233 e. The van der Waals surface area contributed by atoms with Crippen LogP contribution in [0.15, 0.2) is 42.5 Å². The van der Waals surface area contributed by atoms with Crippen LogP contribution in [0, 0.1) is 5.41 Å². The van der Waals surface area contributed by atoms with Crippen molar-refractivity contribution >= 4 is 16.9 Å². The van der Waals surface area contributed by atoms with E-state index in [9.17, 15) is 4.79 Å². The lowest BCUT2D eigenvalue weighted by Gasteiger charge is -2.39. The molecule has 6 heteroatoms. The van der Waals surface area contributed by atoms with Crippen molar-refractivity contribution in [1.29, 1.82) is 0 Å². The Morgan fingerprint density at radius 1 is 0.968 bits per heavy atom. The van der Waals surface area contributed by atoms with E-state index in [1.165, 1.54) is 0 Å². The van der Waals surface area contributed by atoms with Gasteiger partial charge in [-0.1, -0.05) is 39.0 Å². The predicted octanol–water partition coefficient (Wildman–Crippen LogP) is 4.00. The second kappa shape index (κ2) is 5.96. The highest BCUT2D eigenvalue weighted by atomic mass is 16.7. The van der Waals surface area contributed by atoms with Crippen LogP contribution in [-0.2, 0) is 22.2 Å². The van der Waals surface area contributed by atoms with Gasteiger partial charge in [0.15, 0.2) is 11.5 Å². The van der Waals surface area contributed by atoms with E-state index in [4.69, 9.17) is 19.4 Å². The van der Waals surface area contributed by atoms with Gasteiger partial charge in [0.1, 0.15) is 0 Å². The van der Waals surface area contributed by atoms with Crippen LogP contribution in [0.3, 0.4) is 0 Å². The molecule has 1 fully saturated rings. The first-order chi connectivity index (χ1) is 14.9. The Hall–Kier alpha value is -3.15. The van der Waals surface area contributed by atoms with Gasteiger partial charge >= 0.3 is 0 Å². The predicted molar refractivity (Wildman–Crippen MR) is 116 cm³/mol. The number of nitrogens with zero attached hydrogens (tertiary/aromatic N) is 2. The third-order valence-electron chi connectivity index (χ3n) is 8.22. The highest BCUT2D eigenvalue weighted by Gasteiger charge is 2.73. The van der Waals surface area contributed by atoms with Crippen LogP contribution in [0.25, 0.3) is 11.0 Å². The zero-order valence-electron chi connectivity index (χ0n) is 18.0. The monoisotopic (exact) mass is 415 g/mol. The molecule has 1 aromatic heterocycles. The number of hydrogen-bond donors (Lipinski definition) is 1. The zero-order chi connectivity index (χ0) is 21.4. The lowest BCUT2D eigenvalue weighted by atomic mass is 9.63. The molecule has 6 rings (SSSR count). The summed E-state index contributed by atoms with van der Waals surface area (Å²) in [7, 11) is 0. The van der Waals surface area contributed by atoms with E-state index in [0.717, 1.165) is 52.3 Å². The SMILES string of the molecule is CC1(C)[C@]2(C(=O)NCc3ccc4c(c3)OCO4)CC[C@]1(C)c1nc3ccccc3nc12. The molecule has 1 saturated carbocycles. The lowest BCUT2D eigenvalue weighted by molar-refractivity contribution is -0.130. The molecule has 2 atom stereocenters. The Morgan fingerprint density at radius 3 is 2.45 bits per heavy atom. The molecule has 1 amide bonds. The van der Waals surface area contributed by atoms with E-state index in [1.807, 2.05) is 42.5 Å². The van der Waals surface area contributed by atoms with Crippen molar-refractivity contribution in [2.24, 2.45) is 5.41 Å². The van der Waals surface area contributed by atoms with Crippen LogP contribution in [0.4, 0.5) is 0 Å². The molecule has 0 radical (unpaired) electrons. The van der Waals surface area contributed by atoms with Gasteiger partial charge in [0.05, 0.1) is 27.8 Å². The second-order valence-electron chi connectivity index (χ2n) is 9.64. The number of aromatic nitrogens is 2. The van der Waals surface area contributed by atoms with E-state index < -0.39 is 5.41 Å². The van der Waals surface area contributed by atoms with Crippen LogP contribution >= 0.6 is 0 Å². The van der Waals surface area contributed by atoms with Gasteiger partial charge in [0.25, 0.3) is 0 Å². The van der Waals surface area contributed by atoms with Crippen molar-refractivity contribution in [1.82, 2.24) is 15.3 Å². The van der Waals surface area contributed by atoms with Crippen molar-refractivity contribution in [3.63, 3.8) is 0 Å². The molecule has 158 valence electrons. The number of ether oxygens (including phenoxy) is 2. The highest BCUT2D eigenvalue weighted by molar-refractivity contribution is 5.93. The molecular formula is C25H25N3O3. The van der Waals surface area contributed by atoms with Gasteiger partial charge in [0.2, 0.25) is 12.7 Å². The summed E-state index contributed by atoms with van der Waals surface area (Å²) in [6.07, 6.45) is 1.71. The number of hydrogen-bond acceptors (Lipinski definition) is 5. The molecule has 2 aliphatic carbocycles. The zero-order valence-corrected chi connectivity index (χ0v) is 18.0. The lowest BCUT2D eigenvalue weighted by Crippen LogP contribution is -2.51. The molecule has 31 heavy (non-hydrogen) atoms. The van der Waals surface area contributed by atoms with Gasteiger partial charge in [0, 0.05) is 12.0 Å². The van der Waals surface area contributed by atoms with Crippen LogP contribution in [-0.4, -0.2) is 22.7 Å². The van der Waals surface area contributed by atoms with Crippen molar-refractivity contribution in [3.05, 3.63) is 59.4 Å². The van der Waals surface area contributed by atoms with Gasteiger partial charge in [-0.05, 0) is 48.1 Å². The number of nitrogens with one attached hydrogen (secondary N) is 1. The number of para-hydroxylation sites is 2. The van der Waals surface area contributed by atoms with E-state index in [-0.39, 0.29) is 23.5 Å². The van der Waals surface area contributed by atoms with Crippen LogP contribution in [0.5, 0.6) is 11.5 Å². The normalized spacial score (nSPS) is 26.8. The molecule has 2 bridgehead atoms. The Bertz CT molecular complexity index is 1250. The van der Waals surface area contributed by atoms with E-state index >= 15 is 0 Å². The standard InChI is InChI=1S/C25H25N3O3/c1-23(2)24(3)10-11-25(23,21-20(24)27-16-6-4-5-7-17(16)28-21)22(29)26-13-15-8-9-18-19(12-15)31-14-30-18/h4-9,12H,10-11,13-14H2,1-3H3,(H,26,29)/t24-,25-/m1/s1. The number of carbonyl (C=O) groups excluding carboxylic acids is 1. The summed E-state index contributed by atoms with van der Waals surface area (Å²) in [5, 5.41) is 3.21. The van der Waals surface area contributed by atoms with Crippen LogP contribution < -0.4 is 14.8 Å². The maximum atomic E-state index is 13.9. The van der Waals surface area contributed by atoms with Crippen molar-refractivity contribution in [2.45, 2.75) is 51.0 Å². The summed E-state index contributed by atoms with van der Waals surface area (Å²) in [5.74, 6) is 1.50. The Morgan fingerprint density at radius 2 is 1.68 bits per heavy atom. The molecule has 6 nitrogen and oxygen atoms in total. The van der Waals surface area contributed by atoms with Gasteiger partial charge in [-0.3, -0.25) is 4.79 Å². The molecule has 2 aromatic carbocycles. The molecule has 0 saturated heterocycles. The Labute approximate surface area is 181 Å². The van der Waals surface area contributed by atoms with Gasteiger partial charge in [-0.25, -0.2) is 9.97 Å². The molecule has 0 spiro atoms. The maximum Gasteiger partial charge on any atom is 0.233 e. The fourth-order valence-electron chi connectivity index (χ4n) is 5.93. The molecule has 1 N–H and O–H groups in total. The van der Waals surface area contributed by atoms with E-state index in [1.54, 1.807) is 0 Å². The molecule has 1 aliphatic heterocycles. The fourth-order valence-corrected chi connectivity index (χ4v) is 5.93. The summed E-state index contributed by atoms with van der Waals surface area (Å²) in [6, 6.07) is 13.7. The second-order valence-corrected chi connectivity index (χ2v) is 9.64. The highest BCUT2D eigenvalue weighted by Crippen LogP contribution is 2.70. The number of benzene rings is 2. The summed E-state index contributed by atoms with van der Waals surface area (Å²) >= 11 is 0. The third-order valence-corrected chi connectivity index (χ3v) is 8.22. The molecule has 3 aliphatic rings. The van der Waals surface area contributed by atoms with E-state index in [2.05, 4.69) is 26.1 Å². The van der Waals surface area contributed by atoms with E-state index in [0.29, 0.717) is 6.54 Å². The van der Waals surface area contributed by atoms with Gasteiger partial charge in [-0.15, -0.1) is 0 Å². The summed E-state index contributed by atoms with van der Waals surface area (Å²) in [6.45, 7) is 7.32. The summed E-state index contributed by atoms with van der Waals surface area (Å²) in [4.78, 5) is 23.9. The molecular weight excluding hydrogens is 390 g/mol. The first-order valence-corrected chi connectivity index (χ1v) is 10.8. The third kappa shape index (κ3) is 2.20. The number of rotatable bonds is 3. The summed E-state index contributed by atoms with van der Waals surface area (Å²) in [5.41, 5.74) is 3.39. The largest absolute Gasteiger partial charge is 0.454 e. The van der Waals surface area contributed by atoms with Crippen LogP contribution in [0.2, 0.25) is 0 Å². The average molecular weight is 415 g/mol. The molecule has 3 aromatic rings. The number of carbonyl (C=O) groups is 1. The van der Waals surface area contributed by atoms with Gasteiger partial charge < -0.3 is 14.8 Å². The fraction of sp³-hybridized carbons (Fsp3) is 0.400. The van der Waals surface area contributed by atoms with Gasteiger partial charge in [-0.2, -0.15) is 0 Å². The minimum atomic E-state index is -0.690. The first kappa shape index (κ1) is 18.6. The molecule has 2 heterocycles. The minimum absolute atomic E-state index is 0.0298. The Balaban J connectivity index is 1.39. The van der Waals surface area contributed by atoms with Crippen LogP contribution in [0.1, 0.15) is 50.6 Å². The minimum Gasteiger partial charge on any atom is -0.454 e. The number of fused-ring (bicyclic) bond motifs is 7. The topological polar surface area (TPSA) is 73.3 Å². The maximum absolute atomic E-state index is 13.9. The Kier molecular flexibility index (Phi) is 3.58. The average Bonchev–Trinajstić information content (AvgIpc) is 3.36. The van der Waals surface area contributed by atoms with Crippen molar-refractivity contribution in [2.75, 3.05) is 6.79 Å². The van der Waals surface area contributed by atoms with Crippen molar-refractivity contribution < 1.29 is 14.3 Å². The number of amides is 1. The first-order valence-electron chi connectivity index (χ1n) is 10.8. The molecule has 0 unspecified atom stereocenters. The quantitative estimate of drug-likeness (QED) is 0.700. The van der Waals surface area contributed by atoms with Crippen molar-refractivity contribution in [3.8, 4) is 11.5 Å². The summed E-state index contributed by atoms with van der Waals surface area (Å²) < 4.78 is 10.9.